The zero-order chi connectivity index (χ0) is 16.4. The molecule has 5 heteroatoms. The Kier molecular flexibility index (Phi) is 4.18. The first kappa shape index (κ1) is 15.3. The Morgan fingerprint density at radius 1 is 1.26 bits per heavy atom. The molecule has 0 saturated heterocycles. The number of hydrogen-bond donors (Lipinski definition) is 1. The molecule has 0 fully saturated rings. The molecule has 114 valence electrons. The van der Waals surface area contributed by atoms with E-state index in [1.54, 1.807) is 18.2 Å². The maximum atomic E-state index is 12.6. The second-order valence-electron chi connectivity index (χ2n) is 5.22. The highest BCUT2D eigenvalue weighted by Crippen LogP contribution is 2.41. The molecule has 1 unspecified atom stereocenters. The SMILES string of the molecule is N#CC1=C(N)Oc2ccc(Br)cc2C1CC(=O)c1ccccc1. The van der Waals surface area contributed by atoms with Crippen LogP contribution >= 0.6 is 15.9 Å². The minimum absolute atomic E-state index is 0.0380. The number of carbonyl (C=O) groups excluding carboxylic acids is 1. The largest absolute Gasteiger partial charge is 0.440 e. The molecule has 0 radical (unpaired) electrons. The number of ketones is 1. The molecule has 2 aromatic rings. The first-order chi connectivity index (χ1) is 11.1. The van der Waals surface area contributed by atoms with Crippen LogP contribution in [0.1, 0.15) is 28.3 Å². The van der Waals surface area contributed by atoms with Gasteiger partial charge in [-0.05, 0) is 18.2 Å². The van der Waals surface area contributed by atoms with Gasteiger partial charge in [0.15, 0.2) is 5.78 Å². The smallest absolute Gasteiger partial charge is 0.205 e. The molecule has 23 heavy (non-hydrogen) atoms. The number of fused-ring (bicyclic) bond motifs is 1. The molecule has 0 aliphatic carbocycles. The van der Waals surface area contributed by atoms with Crippen molar-refractivity contribution in [1.82, 2.24) is 0 Å². The fourth-order valence-electron chi connectivity index (χ4n) is 2.66. The molecular weight excluding hydrogens is 356 g/mol. The average Bonchev–Trinajstić information content (AvgIpc) is 2.56. The number of Topliss-reactive ketones (excluding diaryl/α,β-unsaturated/α-hetero) is 1. The van der Waals surface area contributed by atoms with Crippen LogP contribution in [0.25, 0.3) is 0 Å². The Hall–Kier alpha value is -2.58. The number of ether oxygens (including phenoxy) is 1. The van der Waals surface area contributed by atoms with Crippen molar-refractivity contribution in [3.8, 4) is 11.8 Å². The zero-order valence-electron chi connectivity index (χ0n) is 12.1. The van der Waals surface area contributed by atoms with Gasteiger partial charge in [0, 0.05) is 27.9 Å². The van der Waals surface area contributed by atoms with Crippen LogP contribution in [-0.2, 0) is 0 Å². The Balaban J connectivity index is 2.01. The van der Waals surface area contributed by atoms with Crippen LogP contribution in [0, 0.1) is 11.3 Å². The number of rotatable bonds is 3. The number of hydrogen-bond acceptors (Lipinski definition) is 4. The monoisotopic (exact) mass is 368 g/mol. The summed E-state index contributed by atoms with van der Waals surface area (Å²) in [6.45, 7) is 0. The fourth-order valence-corrected chi connectivity index (χ4v) is 3.04. The standard InChI is InChI=1S/C18H13BrN2O2/c19-12-6-7-17-14(8-12)13(15(10-20)18(21)23-17)9-16(22)11-4-2-1-3-5-11/h1-8,13H,9,21H2. The summed E-state index contributed by atoms with van der Waals surface area (Å²) in [7, 11) is 0. The molecule has 2 aromatic carbocycles. The van der Waals surface area contributed by atoms with E-state index in [1.807, 2.05) is 30.3 Å². The minimum Gasteiger partial charge on any atom is -0.440 e. The van der Waals surface area contributed by atoms with Crippen LogP contribution in [0.3, 0.4) is 0 Å². The van der Waals surface area contributed by atoms with Gasteiger partial charge in [0.25, 0.3) is 0 Å². The van der Waals surface area contributed by atoms with Crippen LogP contribution in [0.15, 0.2) is 64.5 Å². The highest BCUT2D eigenvalue weighted by atomic mass is 79.9. The van der Waals surface area contributed by atoms with Gasteiger partial charge in [-0.15, -0.1) is 0 Å². The van der Waals surface area contributed by atoms with Gasteiger partial charge in [0.2, 0.25) is 5.88 Å². The Bertz CT molecular complexity index is 838. The fraction of sp³-hybridized carbons (Fsp3) is 0.111. The lowest BCUT2D eigenvalue weighted by atomic mass is 9.84. The Labute approximate surface area is 142 Å². The quantitative estimate of drug-likeness (QED) is 0.833. The summed E-state index contributed by atoms with van der Waals surface area (Å²) < 4.78 is 6.37. The van der Waals surface area contributed by atoms with Crippen molar-refractivity contribution in [3.63, 3.8) is 0 Å². The molecule has 0 bridgehead atoms. The predicted molar refractivity (Wildman–Crippen MR) is 89.7 cm³/mol. The summed E-state index contributed by atoms with van der Waals surface area (Å²) in [5.41, 5.74) is 7.55. The third-order valence-corrected chi connectivity index (χ3v) is 4.28. The van der Waals surface area contributed by atoms with Crippen molar-refractivity contribution in [2.75, 3.05) is 0 Å². The topological polar surface area (TPSA) is 76.1 Å². The van der Waals surface area contributed by atoms with Crippen molar-refractivity contribution in [2.45, 2.75) is 12.3 Å². The maximum absolute atomic E-state index is 12.6. The first-order valence-corrected chi connectivity index (χ1v) is 7.84. The van der Waals surface area contributed by atoms with Crippen LogP contribution in [0.5, 0.6) is 5.75 Å². The number of allylic oxidation sites excluding steroid dienone is 1. The van der Waals surface area contributed by atoms with E-state index in [0.29, 0.717) is 16.9 Å². The van der Waals surface area contributed by atoms with E-state index in [0.717, 1.165) is 10.0 Å². The average molecular weight is 369 g/mol. The number of halogens is 1. The summed E-state index contributed by atoms with van der Waals surface area (Å²) in [6.07, 6.45) is 0.167. The lowest BCUT2D eigenvalue weighted by molar-refractivity contribution is 0.0976. The van der Waals surface area contributed by atoms with Gasteiger partial charge in [0.05, 0.1) is 5.57 Å². The minimum atomic E-state index is -0.408. The number of nitriles is 1. The van der Waals surface area contributed by atoms with Gasteiger partial charge >= 0.3 is 0 Å². The summed E-state index contributed by atoms with van der Waals surface area (Å²) in [6, 6.07) is 16.6. The summed E-state index contributed by atoms with van der Waals surface area (Å²) in [5.74, 6) is 0.196. The predicted octanol–water partition coefficient (Wildman–Crippen LogP) is 3.89. The van der Waals surface area contributed by atoms with E-state index < -0.39 is 5.92 Å². The molecule has 2 N–H and O–H groups in total. The molecule has 0 spiro atoms. The molecule has 1 heterocycles. The molecule has 1 aliphatic rings. The van der Waals surface area contributed by atoms with Gasteiger partial charge in [-0.1, -0.05) is 46.3 Å². The number of nitrogens with two attached hydrogens (primary N) is 1. The lowest BCUT2D eigenvalue weighted by Crippen LogP contribution is -2.22. The summed E-state index contributed by atoms with van der Waals surface area (Å²) >= 11 is 3.42. The number of nitrogens with zero attached hydrogens (tertiary/aromatic N) is 1. The van der Waals surface area contributed by atoms with E-state index in [1.165, 1.54) is 0 Å². The van der Waals surface area contributed by atoms with Crippen molar-refractivity contribution < 1.29 is 9.53 Å². The van der Waals surface area contributed by atoms with E-state index in [-0.39, 0.29) is 18.1 Å². The second-order valence-corrected chi connectivity index (χ2v) is 6.14. The first-order valence-electron chi connectivity index (χ1n) is 7.05. The van der Waals surface area contributed by atoms with Crippen LogP contribution in [-0.4, -0.2) is 5.78 Å². The van der Waals surface area contributed by atoms with Crippen LogP contribution in [0.4, 0.5) is 0 Å². The lowest BCUT2D eigenvalue weighted by Gasteiger charge is -2.25. The van der Waals surface area contributed by atoms with E-state index in [2.05, 4.69) is 22.0 Å². The van der Waals surface area contributed by atoms with Gasteiger partial charge in [-0.3, -0.25) is 4.79 Å². The van der Waals surface area contributed by atoms with Crippen LogP contribution in [0.2, 0.25) is 0 Å². The molecule has 0 saturated carbocycles. The molecule has 1 atom stereocenters. The van der Waals surface area contributed by atoms with Crippen molar-refractivity contribution in [2.24, 2.45) is 5.73 Å². The normalized spacial score (nSPS) is 16.3. The highest BCUT2D eigenvalue weighted by molar-refractivity contribution is 9.10. The second kappa shape index (κ2) is 6.27. The Morgan fingerprint density at radius 3 is 2.70 bits per heavy atom. The van der Waals surface area contributed by atoms with Crippen molar-refractivity contribution in [3.05, 3.63) is 75.6 Å². The zero-order valence-corrected chi connectivity index (χ0v) is 13.7. The maximum Gasteiger partial charge on any atom is 0.205 e. The van der Waals surface area contributed by atoms with Crippen molar-refractivity contribution in [1.29, 1.82) is 5.26 Å². The molecule has 4 nitrogen and oxygen atoms in total. The van der Waals surface area contributed by atoms with E-state index in [4.69, 9.17) is 10.5 Å². The van der Waals surface area contributed by atoms with Crippen LogP contribution < -0.4 is 10.5 Å². The number of carbonyl (C=O) groups is 1. The molecule has 0 amide bonds. The molecule has 3 rings (SSSR count). The Morgan fingerprint density at radius 2 is 2.00 bits per heavy atom. The highest BCUT2D eigenvalue weighted by Gasteiger charge is 2.31. The van der Waals surface area contributed by atoms with Gasteiger partial charge in [-0.25, -0.2) is 0 Å². The third kappa shape index (κ3) is 2.99. The van der Waals surface area contributed by atoms with Gasteiger partial charge in [-0.2, -0.15) is 5.26 Å². The van der Waals surface area contributed by atoms with E-state index in [9.17, 15) is 10.1 Å². The van der Waals surface area contributed by atoms with E-state index >= 15 is 0 Å². The van der Waals surface area contributed by atoms with Gasteiger partial charge < -0.3 is 10.5 Å². The number of benzene rings is 2. The summed E-state index contributed by atoms with van der Waals surface area (Å²) in [5, 5.41) is 9.42. The molecular formula is C18H13BrN2O2. The summed E-state index contributed by atoms with van der Waals surface area (Å²) in [4.78, 5) is 12.6. The van der Waals surface area contributed by atoms with Gasteiger partial charge in [0.1, 0.15) is 11.8 Å². The third-order valence-electron chi connectivity index (χ3n) is 3.79. The molecule has 0 aromatic heterocycles. The van der Waals surface area contributed by atoms with Crippen molar-refractivity contribution >= 4 is 21.7 Å². The molecule has 1 aliphatic heterocycles.